The van der Waals surface area contributed by atoms with Gasteiger partial charge in [-0.25, -0.2) is 4.57 Å². The Bertz CT molecular complexity index is 634. The third kappa shape index (κ3) is 4.68. The highest BCUT2D eigenvalue weighted by Crippen LogP contribution is 2.39. The fourth-order valence-corrected chi connectivity index (χ4v) is 4.20. The van der Waals surface area contributed by atoms with Gasteiger partial charge in [-0.2, -0.15) is 0 Å². The summed E-state index contributed by atoms with van der Waals surface area (Å²) in [6.07, 6.45) is 3.71. The molecule has 0 spiro atoms. The number of nitrogens with zero attached hydrogens (tertiary/aromatic N) is 1. The van der Waals surface area contributed by atoms with E-state index in [1.165, 1.54) is 0 Å². The topological polar surface area (TPSA) is 96.3 Å². The van der Waals surface area contributed by atoms with Gasteiger partial charge in [0.05, 0.1) is 6.61 Å². The van der Waals surface area contributed by atoms with E-state index in [0.717, 1.165) is 25.7 Å². The molecule has 0 radical (unpaired) electrons. The summed E-state index contributed by atoms with van der Waals surface area (Å²) in [7, 11) is -2.54. The number of hydrogen-bond donors (Lipinski definition) is 2. The van der Waals surface area contributed by atoms with Gasteiger partial charge in [0, 0.05) is 12.1 Å². The highest BCUT2D eigenvalue weighted by molar-refractivity contribution is 7.46. The van der Waals surface area contributed by atoms with Crippen molar-refractivity contribution in [3.05, 3.63) is 35.9 Å². The number of carbonyl (C=O) groups is 1. The van der Waals surface area contributed by atoms with Gasteiger partial charge in [-0.05, 0) is 38.3 Å². The largest absolute Gasteiger partial charge is 0.469 e. The van der Waals surface area contributed by atoms with Gasteiger partial charge in [0.2, 0.25) is 0 Å². The molecule has 1 aromatic rings. The third-order valence-corrected chi connectivity index (χ3v) is 5.72. The van der Waals surface area contributed by atoms with E-state index in [4.69, 9.17) is 14.5 Å². The predicted molar refractivity (Wildman–Crippen MR) is 90.9 cm³/mol. The molecule has 2 fully saturated rings. The molecule has 0 amide bonds. The smallest absolute Gasteiger partial charge is 0.462 e. The van der Waals surface area contributed by atoms with Crippen LogP contribution in [-0.2, 0) is 18.6 Å². The molecule has 2 saturated heterocycles. The van der Waals surface area contributed by atoms with E-state index >= 15 is 0 Å². The zero-order valence-corrected chi connectivity index (χ0v) is 15.0. The molecule has 2 heterocycles. The first-order valence-corrected chi connectivity index (χ1v) is 10.0. The van der Waals surface area contributed by atoms with E-state index < -0.39 is 26.3 Å². The SMILES string of the molecule is CN1C2CCC1CC(OC(=O)C(COP(=O)(O)O)c1ccccc1)C2. The summed E-state index contributed by atoms with van der Waals surface area (Å²) in [5.41, 5.74) is 0.622. The quantitative estimate of drug-likeness (QED) is 0.585. The van der Waals surface area contributed by atoms with Crippen molar-refractivity contribution in [3.8, 4) is 0 Å². The van der Waals surface area contributed by atoms with Crippen molar-refractivity contribution in [2.24, 2.45) is 0 Å². The molecule has 1 aromatic carbocycles. The Hall–Kier alpha value is -1.24. The molecule has 7 nitrogen and oxygen atoms in total. The molecule has 2 bridgehead atoms. The predicted octanol–water partition coefficient (Wildman–Crippen LogP) is 2.05. The van der Waals surface area contributed by atoms with E-state index in [1.54, 1.807) is 24.3 Å². The Balaban J connectivity index is 1.68. The minimum Gasteiger partial charge on any atom is -0.462 e. The number of fused-ring (bicyclic) bond motifs is 2. The normalized spacial score (nSPS) is 27.9. The molecule has 138 valence electrons. The van der Waals surface area contributed by atoms with Crippen LogP contribution in [0.3, 0.4) is 0 Å². The first kappa shape index (κ1) is 18.5. The average Bonchev–Trinajstić information content (AvgIpc) is 2.77. The maximum atomic E-state index is 12.7. The molecule has 2 aliphatic rings. The molecule has 2 N–H and O–H groups in total. The van der Waals surface area contributed by atoms with Gasteiger partial charge in [-0.1, -0.05) is 30.3 Å². The molecule has 0 aliphatic carbocycles. The highest BCUT2D eigenvalue weighted by atomic mass is 31.2. The third-order valence-electron chi connectivity index (χ3n) is 5.23. The Morgan fingerprint density at radius 1 is 1.24 bits per heavy atom. The molecule has 8 heteroatoms. The number of hydrogen-bond acceptors (Lipinski definition) is 5. The van der Waals surface area contributed by atoms with Crippen molar-refractivity contribution in [1.29, 1.82) is 0 Å². The van der Waals surface area contributed by atoms with Crippen molar-refractivity contribution >= 4 is 13.8 Å². The van der Waals surface area contributed by atoms with E-state index in [1.807, 2.05) is 6.07 Å². The van der Waals surface area contributed by atoms with Crippen molar-refractivity contribution in [3.63, 3.8) is 0 Å². The summed E-state index contributed by atoms with van der Waals surface area (Å²) in [5, 5.41) is 0. The van der Waals surface area contributed by atoms with E-state index in [-0.39, 0.29) is 6.10 Å². The highest BCUT2D eigenvalue weighted by Gasteiger charge is 2.40. The van der Waals surface area contributed by atoms with Crippen LogP contribution in [0.4, 0.5) is 0 Å². The van der Waals surface area contributed by atoms with Crippen LogP contribution < -0.4 is 0 Å². The first-order valence-electron chi connectivity index (χ1n) is 8.51. The van der Waals surface area contributed by atoms with Crippen LogP contribution in [0, 0.1) is 0 Å². The van der Waals surface area contributed by atoms with Gasteiger partial charge in [0.1, 0.15) is 12.0 Å². The fourth-order valence-electron chi connectivity index (χ4n) is 3.86. The molecule has 3 rings (SSSR count). The van der Waals surface area contributed by atoms with E-state index in [9.17, 15) is 9.36 Å². The molecule has 25 heavy (non-hydrogen) atoms. The Kier molecular flexibility index (Phi) is 5.61. The standard InChI is InChI=1S/C17H24NO6P/c1-18-13-7-8-14(18)10-15(9-13)24-17(19)16(11-23-25(20,21)22)12-5-3-2-4-6-12/h2-6,13-16H,7-11H2,1H3,(H2,20,21,22). The monoisotopic (exact) mass is 369 g/mol. The fraction of sp³-hybridized carbons (Fsp3) is 0.588. The maximum Gasteiger partial charge on any atom is 0.469 e. The van der Waals surface area contributed by atoms with Crippen molar-refractivity contribution in [2.75, 3.05) is 13.7 Å². The number of phosphoric acid groups is 1. The zero-order valence-electron chi connectivity index (χ0n) is 14.2. The second kappa shape index (κ2) is 7.56. The lowest BCUT2D eigenvalue weighted by atomic mass is 9.98. The Morgan fingerprint density at radius 3 is 2.40 bits per heavy atom. The number of carbonyl (C=O) groups excluding carboxylic acids is 1. The molecular formula is C17H24NO6P. The van der Waals surface area contributed by atoms with Gasteiger partial charge >= 0.3 is 13.8 Å². The van der Waals surface area contributed by atoms with Gasteiger partial charge in [-0.3, -0.25) is 9.32 Å². The van der Waals surface area contributed by atoms with Crippen LogP contribution in [-0.4, -0.2) is 52.5 Å². The number of piperidine rings is 1. The molecule has 0 saturated carbocycles. The number of rotatable bonds is 6. The van der Waals surface area contributed by atoms with Crippen molar-refractivity contribution in [2.45, 2.75) is 49.8 Å². The Labute approximate surface area is 147 Å². The Morgan fingerprint density at radius 2 is 1.84 bits per heavy atom. The number of esters is 1. The number of phosphoric ester groups is 1. The van der Waals surface area contributed by atoms with Crippen molar-refractivity contribution in [1.82, 2.24) is 4.90 Å². The molecule has 0 aromatic heterocycles. The minimum absolute atomic E-state index is 0.150. The molecule has 3 unspecified atom stereocenters. The lowest BCUT2D eigenvalue weighted by Crippen LogP contribution is -2.43. The summed E-state index contributed by atoms with van der Waals surface area (Å²) in [4.78, 5) is 32.9. The second-order valence-electron chi connectivity index (χ2n) is 6.83. The van der Waals surface area contributed by atoms with Crippen molar-refractivity contribution < 1.29 is 28.4 Å². The summed E-state index contributed by atoms with van der Waals surface area (Å²) in [5.74, 6) is -1.35. The summed E-state index contributed by atoms with van der Waals surface area (Å²) in [6.45, 7) is -0.410. The van der Waals surface area contributed by atoms with Gasteiger partial charge in [0.15, 0.2) is 0 Å². The van der Waals surface area contributed by atoms with Gasteiger partial charge in [0.25, 0.3) is 0 Å². The lowest BCUT2D eigenvalue weighted by molar-refractivity contribution is -0.155. The van der Waals surface area contributed by atoms with Crippen LogP contribution in [0.25, 0.3) is 0 Å². The zero-order chi connectivity index (χ0) is 18.0. The molecule has 3 atom stereocenters. The van der Waals surface area contributed by atoms with Crippen LogP contribution in [0.15, 0.2) is 30.3 Å². The number of benzene rings is 1. The number of ether oxygens (including phenoxy) is 1. The van der Waals surface area contributed by atoms with E-state index in [0.29, 0.717) is 17.6 Å². The van der Waals surface area contributed by atoms with Crippen LogP contribution in [0.2, 0.25) is 0 Å². The van der Waals surface area contributed by atoms with Crippen LogP contribution in [0.5, 0.6) is 0 Å². The molecular weight excluding hydrogens is 345 g/mol. The lowest BCUT2D eigenvalue weighted by Gasteiger charge is -2.36. The average molecular weight is 369 g/mol. The van der Waals surface area contributed by atoms with Gasteiger partial charge in [-0.15, -0.1) is 0 Å². The minimum atomic E-state index is -4.65. The van der Waals surface area contributed by atoms with E-state index in [2.05, 4.69) is 16.5 Å². The second-order valence-corrected chi connectivity index (χ2v) is 8.07. The van der Waals surface area contributed by atoms with Crippen LogP contribution >= 0.6 is 7.82 Å². The summed E-state index contributed by atoms with van der Waals surface area (Å²) < 4.78 is 21.3. The van der Waals surface area contributed by atoms with Gasteiger partial charge < -0.3 is 19.4 Å². The summed E-state index contributed by atoms with van der Waals surface area (Å²) >= 11 is 0. The maximum absolute atomic E-state index is 12.7. The van der Waals surface area contributed by atoms with Crippen LogP contribution in [0.1, 0.15) is 37.2 Å². The molecule has 2 aliphatic heterocycles. The first-order chi connectivity index (χ1) is 11.8. The summed E-state index contributed by atoms with van der Waals surface area (Å²) in [6, 6.07) is 9.69.